The summed E-state index contributed by atoms with van der Waals surface area (Å²) in [6.07, 6.45) is 0.833. The molecule has 0 unspecified atom stereocenters. The van der Waals surface area contributed by atoms with Crippen molar-refractivity contribution >= 4 is 43.5 Å². The molecular formula is C24H29F3N6O7S2. The Morgan fingerprint density at radius 3 is 2.29 bits per heavy atom. The molecule has 42 heavy (non-hydrogen) atoms. The van der Waals surface area contributed by atoms with Crippen LogP contribution in [0, 0.1) is 0 Å². The Labute approximate surface area is 241 Å². The van der Waals surface area contributed by atoms with Crippen molar-refractivity contribution in [3.8, 4) is 0 Å². The van der Waals surface area contributed by atoms with Crippen LogP contribution in [0.3, 0.4) is 0 Å². The quantitative estimate of drug-likeness (QED) is 0.413. The molecule has 1 saturated carbocycles. The number of carbonyl (C=O) groups excluding carboxylic acids is 1. The molecular weight excluding hydrogens is 605 g/mol. The molecule has 13 nitrogen and oxygen atoms in total. The minimum atomic E-state index is -5.08. The van der Waals surface area contributed by atoms with E-state index in [2.05, 4.69) is 9.82 Å². The molecule has 0 spiro atoms. The van der Waals surface area contributed by atoms with E-state index in [1.165, 1.54) is 13.0 Å². The van der Waals surface area contributed by atoms with Gasteiger partial charge in [-0.3, -0.25) is 23.4 Å². The van der Waals surface area contributed by atoms with Crippen molar-refractivity contribution < 1.29 is 36.3 Å². The Bertz CT molecular complexity index is 1740. The molecule has 1 saturated heterocycles. The van der Waals surface area contributed by atoms with Crippen LogP contribution in [-0.4, -0.2) is 74.0 Å². The van der Waals surface area contributed by atoms with Gasteiger partial charge in [0.25, 0.3) is 15.6 Å². The number of aromatic nitrogens is 4. The van der Waals surface area contributed by atoms with Gasteiger partial charge in [-0.25, -0.2) is 22.7 Å². The molecule has 5 rings (SSSR count). The zero-order chi connectivity index (χ0) is 31.2. The number of carboxylic acid groups (broad SMARTS) is 1. The molecule has 0 bridgehead atoms. The third kappa shape index (κ3) is 6.75. The van der Waals surface area contributed by atoms with Gasteiger partial charge in [0.1, 0.15) is 9.04 Å². The van der Waals surface area contributed by atoms with Gasteiger partial charge >= 0.3 is 17.8 Å². The summed E-state index contributed by atoms with van der Waals surface area (Å²) in [6, 6.07) is 1.13. The maximum atomic E-state index is 13.7. The van der Waals surface area contributed by atoms with E-state index < -0.39 is 39.0 Å². The molecule has 2 N–H and O–H groups in total. The summed E-state index contributed by atoms with van der Waals surface area (Å²) in [6.45, 7) is 4.38. The fourth-order valence-corrected chi connectivity index (χ4v) is 7.55. The predicted molar refractivity (Wildman–Crippen MR) is 145 cm³/mol. The molecule has 1 aliphatic heterocycles. The van der Waals surface area contributed by atoms with Gasteiger partial charge < -0.3 is 10.0 Å². The number of aliphatic carboxylic acids is 1. The van der Waals surface area contributed by atoms with Crippen LogP contribution in [-0.2, 0) is 33.2 Å². The molecule has 2 fully saturated rings. The number of hydrogen-bond acceptors (Lipinski definition) is 8. The van der Waals surface area contributed by atoms with Gasteiger partial charge in [0, 0.05) is 50.4 Å². The minimum absolute atomic E-state index is 0.0196. The maximum Gasteiger partial charge on any atom is 0.490 e. The number of fused-ring (bicyclic) bond motifs is 1. The highest BCUT2D eigenvalue weighted by Crippen LogP contribution is 2.38. The SMILES string of the molecule is CC(=O)N1CCC(n2c(=O)n(Cc3cnn(C)c3)c(=O)c3cc(S(=O)(=O)NC4(C)CC4)sc32)CC1.O=C(O)C(F)(F)F. The fourth-order valence-electron chi connectivity index (χ4n) is 4.57. The first-order chi connectivity index (χ1) is 19.4. The number of carbonyl (C=O) groups is 2. The number of halogens is 3. The number of thiophene rings is 1. The first kappa shape index (κ1) is 31.4. The van der Waals surface area contributed by atoms with Crippen molar-refractivity contribution in [3.05, 3.63) is 44.9 Å². The number of nitrogens with one attached hydrogen (secondary N) is 1. The summed E-state index contributed by atoms with van der Waals surface area (Å²) in [5.41, 5.74) is -0.785. The van der Waals surface area contributed by atoms with Gasteiger partial charge in [-0.2, -0.15) is 18.3 Å². The lowest BCUT2D eigenvalue weighted by Gasteiger charge is -2.32. The highest BCUT2D eigenvalue weighted by Gasteiger charge is 2.42. The highest BCUT2D eigenvalue weighted by atomic mass is 32.2. The second-order valence-electron chi connectivity index (χ2n) is 10.6. The van der Waals surface area contributed by atoms with Crippen LogP contribution in [0.15, 0.2) is 32.3 Å². The van der Waals surface area contributed by atoms with E-state index in [1.807, 2.05) is 6.92 Å². The Hall–Kier alpha value is -3.51. The van der Waals surface area contributed by atoms with Crippen LogP contribution in [0.5, 0.6) is 0 Å². The normalized spacial score (nSPS) is 17.1. The average molecular weight is 635 g/mol. The van der Waals surface area contributed by atoms with Crippen LogP contribution < -0.4 is 16.0 Å². The smallest absolute Gasteiger partial charge is 0.475 e. The van der Waals surface area contributed by atoms with Crippen LogP contribution in [0.25, 0.3) is 10.2 Å². The fraction of sp³-hybridized carbons (Fsp3) is 0.542. The molecule has 3 aromatic heterocycles. The lowest BCUT2D eigenvalue weighted by Crippen LogP contribution is -2.44. The molecule has 18 heteroatoms. The second-order valence-corrected chi connectivity index (χ2v) is 13.5. The van der Waals surface area contributed by atoms with Crippen molar-refractivity contribution in [3.63, 3.8) is 0 Å². The number of sulfonamides is 1. The van der Waals surface area contributed by atoms with E-state index >= 15 is 0 Å². The summed E-state index contributed by atoms with van der Waals surface area (Å²) < 4.78 is 65.0. The van der Waals surface area contributed by atoms with E-state index in [0.717, 1.165) is 28.7 Å². The Kier molecular flexibility index (Phi) is 8.45. The third-order valence-corrected chi connectivity index (χ3v) is 10.3. The zero-order valence-corrected chi connectivity index (χ0v) is 24.5. The monoisotopic (exact) mass is 634 g/mol. The molecule has 0 atom stereocenters. The number of aryl methyl sites for hydroxylation is 1. The standard InChI is InChI=1S/C22H28N6O5S2.C2HF3O2/c1-14(29)26-8-4-16(5-9-26)28-20-17(10-18(34-20)35(32,33)24-22(2)6-7-22)19(30)27(21(28)31)13-15-11-23-25(3)12-15;3-2(4,5)1(6)7/h10-12,16,24H,4-9,13H2,1-3H3;(H,6,7). The van der Waals surface area contributed by atoms with Gasteiger partial charge in [-0.1, -0.05) is 0 Å². The zero-order valence-electron chi connectivity index (χ0n) is 22.8. The summed E-state index contributed by atoms with van der Waals surface area (Å²) in [5, 5.41) is 11.4. The molecule has 1 aliphatic carbocycles. The molecule has 4 heterocycles. The largest absolute Gasteiger partial charge is 0.490 e. The van der Waals surface area contributed by atoms with Gasteiger partial charge in [0.2, 0.25) is 5.91 Å². The van der Waals surface area contributed by atoms with E-state index in [1.54, 1.807) is 33.6 Å². The third-order valence-electron chi connectivity index (χ3n) is 7.08. The summed E-state index contributed by atoms with van der Waals surface area (Å²) in [4.78, 5) is 49.9. The molecule has 3 aromatic rings. The highest BCUT2D eigenvalue weighted by molar-refractivity contribution is 7.91. The number of carboxylic acids is 1. The van der Waals surface area contributed by atoms with E-state index in [0.29, 0.717) is 36.3 Å². The Morgan fingerprint density at radius 2 is 1.81 bits per heavy atom. The van der Waals surface area contributed by atoms with E-state index in [4.69, 9.17) is 9.90 Å². The van der Waals surface area contributed by atoms with Gasteiger partial charge in [-0.15, -0.1) is 11.3 Å². The number of nitrogens with zero attached hydrogens (tertiary/aromatic N) is 5. The van der Waals surface area contributed by atoms with E-state index in [-0.39, 0.29) is 28.1 Å². The van der Waals surface area contributed by atoms with Crippen LogP contribution >= 0.6 is 11.3 Å². The van der Waals surface area contributed by atoms with Crippen molar-refractivity contribution in [2.45, 2.75) is 68.0 Å². The molecule has 2 aliphatic rings. The van der Waals surface area contributed by atoms with Gasteiger partial charge in [0.15, 0.2) is 0 Å². The molecule has 230 valence electrons. The van der Waals surface area contributed by atoms with Crippen molar-refractivity contribution in [2.75, 3.05) is 13.1 Å². The van der Waals surface area contributed by atoms with Crippen molar-refractivity contribution in [2.24, 2.45) is 7.05 Å². The van der Waals surface area contributed by atoms with Crippen molar-refractivity contribution in [1.82, 2.24) is 28.5 Å². The molecule has 1 amide bonds. The lowest BCUT2D eigenvalue weighted by molar-refractivity contribution is -0.192. The number of hydrogen-bond donors (Lipinski definition) is 2. The van der Waals surface area contributed by atoms with Crippen molar-refractivity contribution in [1.29, 1.82) is 0 Å². The first-order valence-electron chi connectivity index (χ1n) is 12.8. The summed E-state index contributed by atoms with van der Waals surface area (Å²) in [5.74, 6) is -2.78. The molecule has 0 aromatic carbocycles. The van der Waals surface area contributed by atoms with Crippen LogP contribution in [0.1, 0.15) is 51.1 Å². The topological polar surface area (TPSA) is 166 Å². The number of piperidine rings is 1. The summed E-state index contributed by atoms with van der Waals surface area (Å²) in [7, 11) is -2.09. The lowest BCUT2D eigenvalue weighted by atomic mass is 10.0. The molecule has 0 radical (unpaired) electrons. The van der Waals surface area contributed by atoms with Gasteiger partial charge in [0.05, 0.1) is 18.1 Å². The maximum absolute atomic E-state index is 13.7. The predicted octanol–water partition coefficient (Wildman–Crippen LogP) is 1.65. The average Bonchev–Trinajstić information content (AvgIpc) is 3.25. The van der Waals surface area contributed by atoms with Gasteiger partial charge in [-0.05, 0) is 38.7 Å². The van der Waals surface area contributed by atoms with Crippen LogP contribution in [0.4, 0.5) is 13.2 Å². The minimum Gasteiger partial charge on any atom is -0.475 e. The first-order valence-corrected chi connectivity index (χ1v) is 15.1. The Morgan fingerprint density at radius 1 is 1.21 bits per heavy atom. The second kappa shape index (κ2) is 11.3. The van der Waals surface area contributed by atoms with Crippen LogP contribution in [0.2, 0.25) is 0 Å². The number of amides is 1. The Balaban J connectivity index is 0.000000517. The van der Waals surface area contributed by atoms with E-state index in [9.17, 15) is 36.0 Å². The number of likely N-dealkylation sites (tertiary alicyclic amines) is 1. The summed E-state index contributed by atoms with van der Waals surface area (Å²) >= 11 is 0.950. The number of rotatable bonds is 6. The number of alkyl halides is 3.